The topological polar surface area (TPSA) is 32.5 Å². The molecule has 2 N–H and O–H groups in total. The third-order valence-corrected chi connectivity index (χ3v) is 5.22. The Morgan fingerprint density at radius 3 is 2.56 bits per heavy atom. The van der Waals surface area contributed by atoms with Crippen molar-refractivity contribution in [1.29, 1.82) is 0 Å². The standard InChI is InChI=1S/C14H25N3S/c1-16(2)14(7-5-8-14)11-17(3)10-12(15)13-6-4-9-18-13/h4,6,9,12H,5,7-8,10-11,15H2,1-3H3. The van der Waals surface area contributed by atoms with Crippen LogP contribution in [0.15, 0.2) is 17.5 Å². The van der Waals surface area contributed by atoms with Crippen LogP contribution in [0.5, 0.6) is 0 Å². The van der Waals surface area contributed by atoms with Crippen molar-refractivity contribution in [2.24, 2.45) is 5.73 Å². The van der Waals surface area contributed by atoms with Gasteiger partial charge in [-0.25, -0.2) is 0 Å². The molecule has 1 atom stereocenters. The minimum atomic E-state index is 0.147. The first-order valence-electron chi connectivity index (χ1n) is 6.68. The molecular weight excluding hydrogens is 242 g/mol. The average molecular weight is 267 g/mol. The van der Waals surface area contributed by atoms with Crippen LogP contribution >= 0.6 is 11.3 Å². The summed E-state index contributed by atoms with van der Waals surface area (Å²) in [6.45, 7) is 2.06. The van der Waals surface area contributed by atoms with Crippen molar-refractivity contribution >= 4 is 11.3 Å². The second kappa shape index (κ2) is 5.70. The Morgan fingerprint density at radius 2 is 2.11 bits per heavy atom. The Bertz CT molecular complexity index is 357. The largest absolute Gasteiger partial charge is 0.322 e. The van der Waals surface area contributed by atoms with Gasteiger partial charge in [0.15, 0.2) is 0 Å². The Kier molecular flexibility index (Phi) is 4.43. The number of hydrogen-bond acceptors (Lipinski definition) is 4. The minimum absolute atomic E-state index is 0.147. The van der Waals surface area contributed by atoms with Gasteiger partial charge in [-0.3, -0.25) is 0 Å². The molecule has 1 heterocycles. The van der Waals surface area contributed by atoms with Gasteiger partial charge in [-0.1, -0.05) is 6.07 Å². The highest BCUT2D eigenvalue weighted by molar-refractivity contribution is 7.10. The number of hydrogen-bond donors (Lipinski definition) is 1. The first-order chi connectivity index (χ1) is 8.53. The lowest BCUT2D eigenvalue weighted by Gasteiger charge is -2.49. The summed E-state index contributed by atoms with van der Waals surface area (Å²) >= 11 is 1.75. The van der Waals surface area contributed by atoms with Crippen molar-refractivity contribution in [3.63, 3.8) is 0 Å². The van der Waals surface area contributed by atoms with E-state index in [0.29, 0.717) is 5.54 Å². The van der Waals surface area contributed by atoms with E-state index >= 15 is 0 Å². The van der Waals surface area contributed by atoms with E-state index in [1.165, 1.54) is 24.1 Å². The van der Waals surface area contributed by atoms with Crippen LogP contribution in [-0.2, 0) is 0 Å². The molecule has 1 saturated carbocycles. The molecule has 1 unspecified atom stereocenters. The molecule has 102 valence electrons. The van der Waals surface area contributed by atoms with Crippen molar-refractivity contribution in [3.05, 3.63) is 22.4 Å². The second-order valence-corrected chi connectivity index (χ2v) is 6.77. The van der Waals surface area contributed by atoms with Gasteiger partial charge < -0.3 is 15.5 Å². The van der Waals surface area contributed by atoms with Gasteiger partial charge in [-0.15, -0.1) is 11.3 Å². The lowest BCUT2D eigenvalue weighted by Crippen LogP contribution is -2.57. The van der Waals surface area contributed by atoms with Gasteiger partial charge in [-0.2, -0.15) is 0 Å². The van der Waals surface area contributed by atoms with Gasteiger partial charge in [0.05, 0.1) is 6.04 Å². The van der Waals surface area contributed by atoms with E-state index < -0.39 is 0 Å². The molecule has 0 radical (unpaired) electrons. The molecule has 0 aliphatic heterocycles. The van der Waals surface area contributed by atoms with E-state index in [1.54, 1.807) is 11.3 Å². The van der Waals surface area contributed by atoms with Crippen LogP contribution in [-0.4, -0.2) is 49.6 Å². The molecule has 18 heavy (non-hydrogen) atoms. The Morgan fingerprint density at radius 1 is 1.39 bits per heavy atom. The Labute approximate surface area is 115 Å². The predicted molar refractivity (Wildman–Crippen MR) is 79.0 cm³/mol. The number of likely N-dealkylation sites (N-methyl/N-ethyl adjacent to an activating group) is 2. The zero-order valence-electron chi connectivity index (χ0n) is 11.7. The second-order valence-electron chi connectivity index (χ2n) is 5.79. The van der Waals surface area contributed by atoms with Gasteiger partial charge in [0.1, 0.15) is 0 Å². The summed E-state index contributed by atoms with van der Waals surface area (Å²) in [5.41, 5.74) is 6.64. The van der Waals surface area contributed by atoms with Crippen molar-refractivity contribution in [2.45, 2.75) is 30.8 Å². The molecule has 1 aliphatic rings. The van der Waals surface area contributed by atoms with Crippen LogP contribution < -0.4 is 5.73 Å². The molecule has 4 heteroatoms. The Balaban J connectivity index is 1.87. The van der Waals surface area contributed by atoms with Gasteiger partial charge in [0.25, 0.3) is 0 Å². The van der Waals surface area contributed by atoms with E-state index in [-0.39, 0.29) is 6.04 Å². The van der Waals surface area contributed by atoms with Crippen molar-refractivity contribution in [3.8, 4) is 0 Å². The van der Waals surface area contributed by atoms with Gasteiger partial charge in [-0.05, 0) is 51.9 Å². The van der Waals surface area contributed by atoms with Crippen LogP contribution in [0.1, 0.15) is 30.2 Å². The monoisotopic (exact) mass is 267 g/mol. The third kappa shape index (κ3) is 2.94. The molecule has 0 saturated heterocycles. The molecule has 1 aromatic rings. The summed E-state index contributed by atoms with van der Waals surface area (Å²) in [5, 5.41) is 2.10. The fourth-order valence-electron chi connectivity index (χ4n) is 2.83. The molecule has 1 aliphatic carbocycles. The van der Waals surface area contributed by atoms with E-state index in [1.807, 2.05) is 0 Å². The first-order valence-corrected chi connectivity index (χ1v) is 7.56. The fourth-order valence-corrected chi connectivity index (χ4v) is 3.55. The molecule has 2 rings (SSSR count). The predicted octanol–water partition coefficient (Wildman–Crippen LogP) is 2.16. The summed E-state index contributed by atoms with van der Waals surface area (Å²) in [6, 6.07) is 4.36. The minimum Gasteiger partial charge on any atom is -0.322 e. The number of nitrogens with two attached hydrogens (primary N) is 1. The van der Waals surface area contributed by atoms with Crippen molar-refractivity contribution in [2.75, 3.05) is 34.2 Å². The van der Waals surface area contributed by atoms with E-state index in [0.717, 1.165) is 13.1 Å². The maximum atomic E-state index is 6.25. The Hall–Kier alpha value is -0.420. The molecule has 0 bridgehead atoms. The molecule has 3 nitrogen and oxygen atoms in total. The van der Waals surface area contributed by atoms with Crippen LogP contribution in [0.2, 0.25) is 0 Å². The smallest absolute Gasteiger partial charge is 0.0518 e. The quantitative estimate of drug-likeness (QED) is 0.857. The summed E-state index contributed by atoms with van der Waals surface area (Å²) < 4.78 is 0. The van der Waals surface area contributed by atoms with E-state index in [4.69, 9.17) is 5.73 Å². The number of nitrogens with zero attached hydrogens (tertiary/aromatic N) is 2. The van der Waals surface area contributed by atoms with Crippen LogP contribution in [0.25, 0.3) is 0 Å². The summed E-state index contributed by atoms with van der Waals surface area (Å²) in [7, 11) is 6.59. The third-order valence-electron chi connectivity index (χ3n) is 4.21. The van der Waals surface area contributed by atoms with Crippen molar-refractivity contribution in [1.82, 2.24) is 9.80 Å². The molecule has 1 fully saturated rings. The molecule has 0 aromatic carbocycles. The van der Waals surface area contributed by atoms with E-state index in [2.05, 4.69) is 48.5 Å². The van der Waals surface area contributed by atoms with Gasteiger partial charge in [0, 0.05) is 23.5 Å². The summed E-state index contributed by atoms with van der Waals surface area (Å²) in [6.07, 6.45) is 4.00. The fraction of sp³-hybridized carbons (Fsp3) is 0.714. The maximum absolute atomic E-state index is 6.25. The van der Waals surface area contributed by atoms with E-state index in [9.17, 15) is 0 Å². The van der Waals surface area contributed by atoms with Crippen LogP contribution in [0.4, 0.5) is 0 Å². The maximum Gasteiger partial charge on any atom is 0.0518 e. The zero-order chi connectivity index (χ0) is 13.2. The zero-order valence-corrected chi connectivity index (χ0v) is 12.5. The average Bonchev–Trinajstić information content (AvgIpc) is 2.76. The summed E-state index contributed by atoms with van der Waals surface area (Å²) in [5.74, 6) is 0. The molecule has 1 aromatic heterocycles. The molecular formula is C14H25N3S. The highest BCUT2D eigenvalue weighted by Gasteiger charge is 2.39. The lowest BCUT2D eigenvalue weighted by molar-refractivity contribution is 0.0266. The van der Waals surface area contributed by atoms with Gasteiger partial charge >= 0.3 is 0 Å². The van der Waals surface area contributed by atoms with Gasteiger partial charge in [0.2, 0.25) is 0 Å². The lowest BCUT2D eigenvalue weighted by atomic mass is 9.75. The molecule has 0 amide bonds. The SMILES string of the molecule is CN(CC(N)c1cccs1)CC1(N(C)C)CCC1. The van der Waals surface area contributed by atoms with Crippen molar-refractivity contribution < 1.29 is 0 Å². The highest BCUT2D eigenvalue weighted by Crippen LogP contribution is 2.36. The van der Waals surface area contributed by atoms with Crippen LogP contribution in [0.3, 0.4) is 0 Å². The number of thiophene rings is 1. The van der Waals surface area contributed by atoms with Crippen LogP contribution in [0, 0.1) is 0 Å². The normalized spacial score (nSPS) is 20.1. The highest BCUT2D eigenvalue weighted by atomic mass is 32.1. The molecule has 0 spiro atoms. The number of rotatable bonds is 6. The summed E-state index contributed by atoms with van der Waals surface area (Å²) in [4.78, 5) is 6.07. The first kappa shape index (κ1) is 14.0.